The summed E-state index contributed by atoms with van der Waals surface area (Å²) in [7, 11) is 2.25. The molecule has 1 nitrogen and oxygen atoms in total. The highest BCUT2D eigenvalue weighted by atomic mass is 15.1. The number of nitrogens with zero attached hydrogens (tertiary/aromatic N) is 1. The first-order chi connectivity index (χ1) is 5.20. The zero-order valence-electron chi connectivity index (χ0n) is 8.14. The van der Waals surface area contributed by atoms with E-state index < -0.39 is 0 Å². The Balaban J connectivity index is 2.39. The van der Waals surface area contributed by atoms with Crippen molar-refractivity contribution in [1.29, 1.82) is 0 Å². The summed E-state index contributed by atoms with van der Waals surface area (Å²) in [5.74, 6) is 1.82. The summed E-state index contributed by atoms with van der Waals surface area (Å²) in [6.45, 7) is 7.33. The molecule has 11 heavy (non-hydrogen) atoms. The second-order valence-electron chi connectivity index (χ2n) is 4.26. The van der Waals surface area contributed by atoms with Gasteiger partial charge in [-0.1, -0.05) is 20.3 Å². The van der Waals surface area contributed by atoms with Crippen LogP contribution in [0.25, 0.3) is 0 Å². The highest BCUT2D eigenvalue weighted by Gasteiger charge is 2.17. The second kappa shape index (κ2) is 4.10. The van der Waals surface area contributed by atoms with E-state index in [1.54, 1.807) is 0 Å². The van der Waals surface area contributed by atoms with E-state index in [1.165, 1.54) is 32.4 Å². The molecule has 1 saturated heterocycles. The summed E-state index contributed by atoms with van der Waals surface area (Å²) in [4.78, 5) is 2.48. The molecule has 1 aliphatic rings. The van der Waals surface area contributed by atoms with Gasteiger partial charge in [0.25, 0.3) is 0 Å². The summed E-state index contributed by atoms with van der Waals surface area (Å²) in [5, 5.41) is 0. The van der Waals surface area contributed by atoms with Gasteiger partial charge in [-0.05, 0) is 38.3 Å². The van der Waals surface area contributed by atoms with Gasteiger partial charge in [0.2, 0.25) is 0 Å². The average molecular weight is 155 g/mol. The van der Waals surface area contributed by atoms with Crippen molar-refractivity contribution in [3.8, 4) is 0 Å². The van der Waals surface area contributed by atoms with E-state index in [1.807, 2.05) is 0 Å². The Morgan fingerprint density at radius 2 is 2.00 bits per heavy atom. The van der Waals surface area contributed by atoms with Crippen molar-refractivity contribution < 1.29 is 0 Å². The lowest BCUT2D eigenvalue weighted by molar-refractivity contribution is 0.255. The second-order valence-corrected chi connectivity index (χ2v) is 4.26. The van der Waals surface area contributed by atoms with Crippen molar-refractivity contribution in [3.63, 3.8) is 0 Å². The van der Waals surface area contributed by atoms with Crippen molar-refractivity contribution in [2.24, 2.45) is 11.8 Å². The van der Waals surface area contributed by atoms with Crippen molar-refractivity contribution in [3.05, 3.63) is 0 Å². The zero-order chi connectivity index (χ0) is 8.27. The Bertz CT molecular complexity index is 109. The Morgan fingerprint density at radius 3 is 2.64 bits per heavy atom. The van der Waals surface area contributed by atoms with Crippen molar-refractivity contribution >= 4 is 0 Å². The van der Waals surface area contributed by atoms with Crippen molar-refractivity contribution in [1.82, 2.24) is 4.90 Å². The molecular formula is C10H21N. The van der Waals surface area contributed by atoms with Gasteiger partial charge < -0.3 is 4.90 Å². The van der Waals surface area contributed by atoms with Gasteiger partial charge in [0.15, 0.2) is 0 Å². The fraction of sp³-hybridized carbons (Fsp3) is 1.00. The quantitative estimate of drug-likeness (QED) is 0.562. The van der Waals surface area contributed by atoms with Crippen molar-refractivity contribution in [2.75, 3.05) is 20.1 Å². The molecule has 0 spiro atoms. The molecule has 0 bridgehead atoms. The highest BCUT2D eigenvalue weighted by Crippen LogP contribution is 2.21. The molecule has 0 aromatic heterocycles. The lowest BCUT2D eigenvalue weighted by atomic mass is 9.91. The Labute approximate surface area is 70.8 Å². The first kappa shape index (κ1) is 9.05. The number of hydrogen-bond donors (Lipinski definition) is 0. The molecule has 1 heterocycles. The van der Waals surface area contributed by atoms with Crippen LogP contribution in [0.5, 0.6) is 0 Å². The molecule has 0 aromatic rings. The Morgan fingerprint density at radius 1 is 1.27 bits per heavy atom. The normalized spacial score (nSPS) is 28.9. The van der Waals surface area contributed by atoms with Gasteiger partial charge in [-0.2, -0.15) is 0 Å². The summed E-state index contributed by atoms with van der Waals surface area (Å²) in [6, 6.07) is 0. The van der Waals surface area contributed by atoms with Gasteiger partial charge in [0.1, 0.15) is 0 Å². The topological polar surface area (TPSA) is 3.24 Å². The molecule has 0 aromatic carbocycles. The Kier molecular flexibility index (Phi) is 3.38. The SMILES string of the molecule is CC(C)[C@H]1CCCCN(C)C1. The van der Waals surface area contributed by atoms with Crippen LogP contribution in [0, 0.1) is 11.8 Å². The zero-order valence-corrected chi connectivity index (χ0v) is 8.14. The molecule has 1 aliphatic heterocycles. The largest absolute Gasteiger partial charge is 0.306 e. The fourth-order valence-corrected chi connectivity index (χ4v) is 1.92. The predicted molar refractivity (Wildman–Crippen MR) is 49.7 cm³/mol. The smallest absolute Gasteiger partial charge is 0.000905 e. The maximum Gasteiger partial charge on any atom is 0.000905 e. The van der Waals surface area contributed by atoms with Crippen LogP contribution in [0.2, 0.25) is 0 Å². The van der Waals surface area contributed by atoms with E-state index in [0.717, 1.165) is 11.8 Å². The first-order valence-electron chi connectivity index (χ1n) is 4.88. The van der Waals surface area contributed by atoms with E-state index in [4.69, 9.17) is 0 Å². The van der Waals surface area contributed by atoms with E-state index in [9.17, 15) is 0 Å². The summed E-state index contributed by atoms with van der Waals surface area (Å²) < 4.78 is 0. The van der Waals surface area contributed by atoms with Crippen LogP contribution in [0.15, 0.2) is 0 Å². The predicted octanol–water partition coefficient (Wildman–Crippen LogP) is 2.37. The van der Waals surface area contributed by atoms with Crippen molar-refractivity contribution in [2.45, 2.75) is 33.1 Å². The summed E-state index contributed by atoms with van der Waals surface area (Å²) >= 11 is 0. The molecule has 1 atom stereocenters. The molecule has 1 heteroatoms. The fourth-order valence-electron chi connectivity index (χ4n) is 1.92. The molecular weight excluding hydrogens is 134 g/mol. The van der Waals surface area contributed by atoms with Crippen LogP contribution in [0.1, 0.15) is 33.1 Å². The lowest BCUT2D eigenvalue weighted by Gasteiger charge is -2.22. The maximum absolute atomic E-state index is 2.48. The summed E-state index contributed by atoms with van der Waals surface area (Å²) in [5.41, 5.74) is 0. The standard InChI is InChI=1S/C10H21N/c1-9(2)10-6-4-5-7-11(3)8-10/h9-10H,4-8H2,1-3H3/t10-/m0/s1. The third-order valence-electron chi connectivity index (χ3n) is 2.85. The van der Waals surface area contributed by atoms with E-state index in [0.29, 0.717) is 0 Å². The van der Waals surface area contributed by atoms with Crippen LogP contribution >= 0.6 is 0 Å². The minimum atomic E-state index is 0.871. The molecule has 66 valence electrons. The van der Waals surface area contributed by atoms with Gasteiger partial charge in [-0.15, -0.1) is 0 Å². The molecule has 0 radical (unpaired) electrons. The van der Waals surface area contributed by atoms with Crippen LogP contribution in [-0.4, -0.2) is 25.0 Å². The molecule has 0 unspecified atom stereocenters. The van der Waals surface area contributed by atoms with Gasteiger partial charge >= 0.3 is 0 Å². The van der Waals surface area contributed by atoms with Crippen LogP contribution < -0.4 is 0 Å². The minimum Gasteiger partial charge on any atom is -0.306 e. The lowest BCUT2D eigenvalue weighted by Crippen LogP contribution is -2.26. The number of likely N-dealkylation sites (tertiary alicyclic amines) is 1. The third-order valence-corrected chi connectivity index (χ3v) is 2.85. The average Bonchev–Trinajstić information content (AvgIpc) is 2.13. The van der Waals surface area contributed by atoms with Crippen LogP contribution in [0.4, 0.5) is 0 Å². The van der Waals surface area contributed by atoms with Crippen LogP contribution in [-0.2, 0) is 0 Å². The molecule has 1 fully saturated rings. The third kappa shape index (κ3) is 2.82. The Hall–Kier alpha value is -0.0400. The first-order valence-corrected chi connectivity index (χ1v) is 4.88. The van der Waals surface area contributed by atoms with Gasteiger partial charge in [0.05, 0.1) is 0 Å². The summed E-state index contributed by atoms with van der Waals surface area (Å²) in [6.07, 6.45) is 4.29. The number of hydrogen-bond acceptors (Lipinski definition) is 1. The molecule has 1 rings (SSSR count). The van der Waals surface area contributed by atoms with E-state index in [-0.39, 0.29) is 0 Å². The monoisotopic (exact) mass is 155 g/mol. The minimum absolute atomic E-state index is 0.871. The van der Waals surface area contributed by atoms with Gasteiger partial charge in [-0.25, -0.2) is 0 Å². The maximum atomic E-state index is 2.48. The van der Waals surface area contributed by atoms with Gasteiger partial charge in [-0.3, -0.25) is 0 Å². The van der Waals surface area contributed by atoms with Gasteiger partial charge in [0, 0.05) is 6.54 Å². The van der Waals surface area contributed by atoms with E-state index in [2.05, 4.69) is 25.8 Å². The van der Waals surface area contributed by atoms with Crippen LogP contribution in [0.3, 0.4) is 0 Å². The molecule has 0 saturated carbocycles. The van der Waals surface area contributed by atoms with E-state index >= 15 is 0 Å². The highest BCUT2D eigenvalue weighted by molar-refractivity contribution is 4.70. The molecule has 0 N–H and O–H groups in total. The molecule has 0 amide bonds. The molecule has 0 aliphatic carbocycles. The number of rotatable bonds is 1.